The minimum absolute atomic E-state index is 0.128. The molecular weight excluding hydrogens is 531 g/mol. The van der Waals surface area contributed by atoms with Gasteiger partial charge in [-0.15, -0.1) is 0 Å². The Hall–Kier alpha value is -3.13. The van der Waals surface area contributed by atoms with Crippen molar-refractivity contribution in [3.05, 3.63) is 71.0 Å². The summed E-state index contributed by atoms with van der Waals surface area (Å²) in [5, 5.41) is 13.6. The molecule has 0 aliphatic rings. The molecule has 7 nitrogen and oxygen atoms in total. The van der Waals surface area contributed by atoms with E-state index in [1.165, 1.54) is 0 Å². The highest BCUT2D eigenvalue weighted by molar-refractivity contribution is 6.31. The Kier molecular flexibility index (Phi) is 11.0. The van der Waals surface area contributed by atoms with E-state index < -0.39 is 0 Å². The molecule has 0 fully saturated rings. The minimum atomic E-state index is 0.128. The third-order valence-electron chi connectivity index (χ3n) is 6.65. The first-order valence-electron chi connectivity index (χ1n) is 13.6. The number of fused-ring (bicyclic) bond motifs is 2. The first kappa shape index (κ1) is 28.9. The van der Waals surface area contributed by atoms with Crippen LogP contribution < -0.4 is 16.0 Å². The number of aromatic nitrogens is 2. The zero-order valence-electron chi connectivity index (χ0n) is 22.4. The fourth-order valence-electron chi connectivity index (χ4n) is 4.56. The number of benzene rings is 2. The summed E-state index contributed by atoms with van der Waals surface area (Å²) in [6, 6.07) is 15.5. The second-order valence-corrected chi connectivity index (χ2v) is 10.4. The molecule has 39 heavy (non-hydrogen) atoms. The number of unbranched alkanes of at least 4 members (excludes halogenated alkanes) is 2. The van der Waals surface area contributed by atoms with E-state index in [0.717, 1.165) is 85.2 Å². The lowest BCUT2D eigenvalue weighted by Crippen LogP contribution is -2.39. The molecule has 9 heteroatoms. The average molecular weight is 568 g/mol. The molecule has 0 aliphatic heterocycles. The molecule has 0 unspecified atom stereocenters. The van der Waals surface area contributed by atoms with Crippen LogP contribution in [0.25, 0.3) is 21.8 Å². The van der Waals surface area contributed by atoms with Gasteiger partial charge < -0.3 is 16.0 Å². The van der Waals surface area contributed by atoms with Crippen molar-refractivity contribution in [2.24, 2.45) is 0 Å². The van der Waals surface area contributed by atoms with Crippen LogP contribution in [0.5, 0.6) is 0 Å². The number of nitrogens with zero attached hydrogens (tertiary/aromatic N) is 3. The molecule has 4 aromatic rings. The smallest absolute Gasteiger partial charge is 0.220 e. The summed E-state index contributed by atoms with van der Waals surface area (Å²) in [5.74, 6) is 0.128. The van der Waals surface area contributed by atoms with Crippen molar-refractivity contribution in [1.82, 2.24) is 20.2 Å². The molecule has 0 bridgehead atoms. The SMILES string of the molecule is CCCCCC(=O)NCCN(CCNc1ccnc2cc(Cl)ccc12)CCNc1ccnc2cc(Cl)ccc12. The largest absolute Gasteiger partial charge is 0.383 e. The standard InChI is InChI=1S/C30H36Cl2N6O/c1-2-3-4-5-30(39)37-16-19-38(17-14-35-26-10-12-33-28-20-22(31)6-8-24(26)28)18-15-36-27-11-13-34-29-21-23(32)7-9-25(27)29/h6-13,20-21H,2-5,14-19H2,1H3,(H,33,35)(H,34,36)(H,37,39). The number of carbonyl (C=O) groups is 1. The molecule has 2 aromatic heterocycles. The molecule has 0 aliphatic carbocycles. The number of halogens is 2. The van der Waals surface area contributed by atoms with Gasteiger partial charge in [0, 0.05) is 90.3 Å². The fourth-order valence-corrected chi connectivity index (χ4v) is 4.89. The lowest BCUT2D eigenvalue weighted by molar-refractivity contribution is -0.121. The predicted molar refractivity (Wildman–Crippen MR) is 164 cm³/mol. The van der Waals surface area contributed by atoms with Gasteiger partial charge in [-0.1, -0.05) is 43.0 Å². The van der Waals surface area contributed by atoms with Crippen LogP contribution in [0.1, 0.15) is 32.6 Å². The minimum Gasteiger partial charge on any atom is -0.383 e. The first-order chi connectivity index (χ1) is 19.0. The summed E-state index contributed by atoms with van der Waals surface area (Å²) in [6.07, 6.45) is 7.32. The monoisotopic (exact) mass is 566 g/mol. The Morgan fingerprint density at radius 1 is 0.769 bits per heavy atom. The van der Waals surface area contributed by atoms with E-state index in [4.69, 9.17) is 23.2 Å². The second-order valence-electron chi connectivity index (χ2n) is 9.54. The lowest BCUT2D eigenvalue weighted by atomic mass is 10.2. The lowest BCUT2D eigenvalue weighted by Gasteiger charge is -2.24. The van der Waals surface area contributed by atoms with Crippen molar-refractivity contribution < 1.29 is 4.79 Å². The van der Waals surface area contributed by atoms with Crippen molar-refractivity contribution in [3.63, 3.8) is 0 Å². The third-order valence-corrected chi connectivity index (χ3v) is 7.12. The topological polar surface area (TPSA) is 82.2 Å². The zero-order valence-corrected chi connectivity index (χ0v) is 23.9. The number of rotatable bonds is 15. The van der Waals surface area contributed by atoms with Crippen LogP contribution in [0, 0.1) is 0 Å². The van der Waals surface area contributed by atoms with E-state index >= 15 is 0 Å². The summed E-state index contributed by atoms with van der Waals surface area (Å²) in [6.45, 7) is 6.67. The normalized spacial score (nSPS) is 11.3. The van der Waals surface area contributed by atoms with E-state index in [-0.39, 0.29) is 5.91 Å². The number of hydrogen-bond acceptors (Lipinski definition) is 6. The Morgan fingerprint density at radius 2 is 1.31 bits per heavy atom. The molecule has 0 atom stereocenters. The Labute approximate surface area is 240 Å². The summed E-state index contributed by atoms with van der Waals surface area (Å²) in [5.41, 5.74) is 3.79. The van der Waals surface area contributed by atoms with Gasteiger partial charge >= 0.3 is 0 Å². The van der Waals surface area contributed by atoms with Crippen LogP contribution in [-0.4, -0.2) is 60.0 Å². The molecule has 206 valence electrons. The van der Waals surface area contributed by atoms with Crippen molar-refractivity contribution in [3.8, 4) is 0 Å². The van der Waals surface area contributed by atoms with E-state index in [1.807, 2.05) is 48.5 Å². The number of hydrogen-bond donors (Lipinski definition) is 3. The summed E-state index contributed by atoms with van der Waals surface area (Å²) in [4.78, 5) is 23.4. The van der Waals surface area contributed by atoms with Crippen molar-refractivity contribution in [1.29, 1.82) is 0 Å². The summed E-state index contributed by atoms with van der Waals surface area (Å²) < 4.78 is 0. The maximum absolute atomic E-state index is 12.2. The van der Waals surface area contributed by atoms with Gasteiger partial charge in [0.05, 0.1) is 11.0 Å². The Morgan fingerprint density at radius 3 is 1.85 bits per heavy atom. The van der Waals surface area contributed by atoms with Crippen molar-refractivity contribution in [2.75, 3.05) is 49.9 Å². The number of pyridine rings is 2. The number of nitrogens with one attached hydrogen (secondary N) is 3. The quantitative estimate of drug-likeness (QED) is 0.140. The zero-order chi connectivity index (χ0) is 27.5. The molecule has 2 heterocycles. The molecule has 0 saturated heterocycles. The maximum Gasteiger partial charge on any atom is 0.220 e. The fraction of sp³-hybridized carbons (Fsp3) is 0.367. The molecule has 0 saturated carbocycles. The van der Waals surface area contributed by atoms with E-state index in [9.17, 15) is 4.79 Å². The van der Waals surface area contributed by atoms with E-state index in [2.05, 4.69) is 37.7 Å². The van der Waals surface area contributed by atoms with Gasteiger partial charge in [-0.3, -0.25) is 19.7 Å². The van der Waals surface area contributed by atoms with Gasteiger partial charge in [-0.2, -0.15) is 0 Å². The van der Waals surface area contributed by atoms with Gasteiger partial charge in [-0.25, -0.2) is 0 Å². The molecule has 0 radical (unpaired) electrons. The second kappa shape index (κ2) is 14.9. The number of amides is 1. The van der Waals surface area contributed by atoms with Crippen LogP contribution in [0.4, 0.5) is 11.4 Å². The highest BCUT2D eigenvalue weighted by Crippen LogP contribution is 2.25. The predicted octanol–water partition coefficient (Wildman–Crippen LogP) is 6.61. The van der Waals surface area contributed by atoms with E-state index in [0.29, 0.717) is 23.0 Å². The van der Waals surface area contributed by atoms with Crippen LogP contribution in [-0.2, 0) is 4.79 Å². The van der Waals surface area contributed by atoms with E-state index in [1.54, 1.807) is 12.4 Å². The van der Waals surface area contributed by atoms with Crippen LogP contribution >= 0.6 is 23.2 Å². The highest BCUT2D eigenvalue weighted by atomic mass is 35.5. The molecule has 3 N–H and O–H groups in total. The molecule has 2 aromatic carbocycles. The maximum atomic E-state index is 12.2. The molecule has 0 spiro atoms. The Balaban J connectivity index is 1.34. The average Bonchev–Trinajstić information content (AvgIpc) is 2.92. The summed E-state index contributed by atoms with van der Waals surface area (Å²) >= 11 is 12.3. The van der Waals surface area contributed by atoms with Crippen LogP contribution in [0.3, 0.4) is 0 Å². The van der Waals surface area contributed by atoms with Gasteiger partial charge in [0.15, 0.2) is 0 Å². The van der Waals surface area contributed by atoms with Gasteiger partial charge in [0.2, 0.25) is 5.91 Å². The van der Waals surface area contributed by atoms with Gasteiger partial charge in [0.25, 0.3) is 0 Å². The third kappa shape index (κ3) is 8.68. The highest BCUT2D eigenvalue weighted by Gasteiger charge is 2.09. The van der Waals surface area contributed by atoms with Crippen LogP contribution in [0.15, 0.2) is 60.9 Å². The molecule has 1 amide bonds. The van der Waals surface area contributed by atoms with Crippen LogP contribution in [0.2, 0.25) is 10.0 Å². The first-order valence-corrected chi connectivity index (χ1v) is 14.3. The Bertz CT molecular complexity index is 1290. The number of anilines is 2. The molecular formula is C30H36Cl2N6O. The summed E-state index contributed by atoms with van der Waals surface area (Å²) in [7, 11) is 0. The molecule has 4 rings (SSSR count). The number of carbonyl (C=O) groups excluding carboxylic acids is 1. The van der Waals surface area contributed by atoms with Gasteiger partial charge in [0.1, 0.15) is 0 Å². The van der Waals surface area contributed by atoms with Gasteiger partial charge in [-0.05, 0) is 55.0 Å². The van der Waals surface area contributed by atoms with Crippen molar-refractivity contribution >= 4 is 62.3 Å². The van der Waals surface area contributed by atoms with Crippen molar-refractivity contribution in [2.45, 2.75) is 32.6 Å².